The van der Waals surface area contributed by atoms with Gasteiger partial charge in [0.25, 0.3) is 5.88 Å². The van der Waals surface area contributed by atoms with E-state index in [0.717, 1.165) is 0 Å². The summed E-state index contributed by atoms with van der Waals surface area (Å²) in [4.78, 5) is 3.79. The lowest BCUT2D eigenvalue weighted by Gasteiger charge is -2.10. The molecule has 0 amide bonds. The van der Waals surface area contributed by atoms with Crippen molar-refractivity contribution in [3.8, 4) is 17.4 Å². The maximum Gasteiger partial charge on any atom is 0.255 e. The first kappa shape index (κ1) is 11.2. The maximum atomic E-state index is 13.3. The SMILES string of the molecule is COc1cc(N)ccc1Oc1ncccc1F. The van der Waals surface area contributed by atoms with E-state index in [1.165, 1.54) is 25.4 Å². The van der Waals surface area contributed by atoms with Gasteiger partial charge in [-0.25, -0.2) is 9.37 Å². The Balaban J connectivity index is 2.33. The fourth-order valence-electron chi connectivity index (χ4n) is 1.32. The van der Waals surface area contributed by atoms with Gasteiger partial charge in [-0.3, -0.25) is 0 Å². The molecule has 0 aliphatic rings. The molecule has 0 aliphatic carbocycles. The molecule has 2 aromatic rings. The highest BCUT2D eigenvalue weighted by atomic mass is 19.1. The molecule has 0 saturated carbocycles. The molecule has 88 valence electrons. The molecule has 0 spiro atoms. The van der Waals surface area contributed by atoms with Gasteiger partial charge in [-0.15, -0.1) is 0 Å². The minimum Gasteiger partial charge on any atom is -0.493 e. The van der Waals surface area contributed by atoms with Crippen LogP contribution in [0.2, 0.25) is 0 Å². The molecule has 0 fully saturated rings. The second-order valence-electron chi connectivity index (χ2n) is 3.30. The van der Waals surface area contributed by atoms with Crippen molar-refractivity contribution in [3.05, 3.63) is 42.3 Å². The second kappa shape index (κ2) is 4.69. The van der Waals surface area contributed by atoms with Crippen LogP contribution in [0.25, 0.3) is 0 Å². The van der Waals surface area contributed by atoms with Gasteiger partial charge in [-0.05, 0) is 24.3 Å². The first-order valence-corrected chi connectivity index (χ1v) is 4.92. The van der Waals surface area contributed by atoms with E-state index in [9.17, 15) is 4.39 Å². The number of pyridine rings is 1. The molecule has 0 aliphatic heterocycles. The van der Waals surface area contributed by atoms with Crippen LogP contribution in [0, 0.1) is 5.82 Å². The quantitative estimate of drug-likeness (QED) is 0.829. The zero-order chi connectivity index (χ0) is 12.3. The van der Waals surface area contributed by atoms with E-state index in [1.807, 2.05) is 0 Å². The lowest BCUT2D eigenvalue weighted by Crippen LogP contribution is -1.95. The third-order valence-corrected chi connectivity index (χ3v) is 2.12. The second-order valence-corrected chi connectivity index (χ2v) is 3.30. The third kappa shape index (κ3) is 2.44. The normalized spacial score (nSPS) is 10.0. The van der Waals surface area contributed by atoms with Gasteiger partial charge in [0.15, 0.2) is 17.3 Å². The van der Waals surface area contributed by atoms with Crippen molar-refractivity contribution >= 4 is 5.69 Å². The van der Waals surface area contributed by atoms with E-state index in [1.54, 1.807) is 18.2 Å². The molecular weight excluding hydrogens is 223 g/mol. The van der Waals surface area contributed by atoms with Crippen LogP contribution in [0.1, 0.15) is 0 Å². The minimum atomic E-state index is -0.536. The van der Waals surface area contributed by atoms with Crippen LogP contribution in [0.3, 0.4) is 0 Å². The number of hydrogen-bond acceptors (Lipinski definition) is 4. The van der Waals surface area contributed by atoms with E-state index in [4.69, 9.17) is 15.2 Å². The van der Waals surface area contributed by atoms with Crippen LogP contribution in [0.5, 0.6) is 17.4 Å². The molecule has 1 heterocycles. The van der Waals surface area contributed by atoms with Crippen LogP contribution in [-0.2, 0) is 0 Å². The summed E-state index contributed by atoms with van der Waals surface area (Å²) >= 11 is 0. The number of ether oxygens (including phenoxy) is 2. The standard InChI is InChI=1S/C12H11FN2O2/c1-16-11-7-8(14)4-5-10(11)17-12-9(13)3-2-6-15-12/h2-7H,14H2,1H3. The number of benzene rings is 1. The number of aromatic nitrogens is 1. The summed E-state index contributed by atoms with van der Waals surface area (Å²) in [6.45, 7) is 0. The smallest absolute Gasteiger partial charge is 0.255 e. The van der Waals surface area contributed by atoms with Gasteiger partial charge in [0, 0.05) is 18.0 Å². The molecule has 1 aromatic heterocycles. The Hall–Kier alpha value is -2.30. The largest absolute Gasteiger partial charge is 0.493 e. The average molecular weight is 234 g/mol. The van der Waals surface area contributed by atoms with Gasteiger partial charge in [-0.1, -0.05) is 0 Å². The zero-order valence-corrected chi connectivity index (χ0v) is 9.18. The summed E-state index contributed by atoms with van der Waals surface area (Å²) in [5.41, 5.74) is 6.14. The van der Waals surface area contributed by atoms with Crippen LogP contribution in [0.4, 0.5) is 10.1 Å². The molecule has 2 rings (SSSR count). The Labute approximate surface area is 97.8 Å². The van der Waals surface area contributed by atoms with Gasteiger partial charge < -0.3 is 15.2 Å². The molecule has 0 radical (unpaired) electrons. The van der Waals surface area contributed by atoms with Crippen molar-refractivity contribution in [3.63, 3.8) is 0 Å². The maximum absolute atomic E-state index is 13.3. The van der Waals surface area contributed by atoms with Crippen molar-refractivity contribution < 1.29 is 13.9 Å². The number of hydrogen-bond donors (Lipinski definition) is 1. The predicted molar refractivity (Wildman–Crippen MR) is 61.7 cm³/mol. The summed E-state index contributed by atoms with van der Waals surface area (Å²) in [5.74, 6) is 0.149. The highest BCUT2D eigenvalue weighted by molar-refractivity contribution is 5.52. The van der Waals surface area contributed by atoms with Gasteiger partial charge in [0.1, 0.15) is 0 Å². The van der Waals surface area contributed by atoms with Crippen molar-refractivity contribution in [1.82, 2.24) is 4.98 Å². The monoisotopic (exact) mass is 234 g/mol. The number of anilines is 1. The lowest BCUT2D eigenvalue weighted by molar-refractivity contribution is 0.364. The number of methoxy groups -OCH3 is 1. The Morgan fingerprint density at radius 2 is 2.06 bits per heavy atom. The molecule has 0 unspecified atom stereocenters. The van der Waals surface area contributed by atoms with Gasteiger partial charge in [-0.2, -0.15) is 0 Å². The van der Waals surface area contributed by atoms with E-state index in [0.29, 0.717) is 17.2 Å². The zero-order valence-electron chi connectivity index (χ0n) is 9.18. The van der Waals surface area contributed by atoms with Crippen molar-refractivity contribution in [2.24, 2.45) is 0 Å². The highest BCUT2D eigenvalue weighted by Gasteiger charge is 2.09. The Morgan fingerprint density at radius 1 is 1.24 bits per heavy atom. The summed E-state index contributed by atoms with van der Waals surface area (Å²) in [6.07, 6.45) is 1.45. The van der Waals surface area contributed by atoms with Crippen LogP contribution >= 0.6 is 0 Å². The summed E-state index contributed by atoms with van der Waals surface area (Å²) in [5, 5.41) is 0. The predicted octanol–water partition coefficient (Wildman–Crippen LogP) is 2.60. The average Bonchev–Trinajstić information content (AvgIpc) is 2.34. The van der Waals surface area contributed by atoms with E-state index in [-0.39, 0.29) is 5.88 Å². The minimum absolute atomic E-state index is 0.101. The van der Waals surface area contributed by atoms with Crippen molar-refractivity contribution in [1.29, 1.82) is 0 Å². The first-order chi connectivity index (χ1) is 8.20. The summed E-state index contributed by atoms with van der Waals surface area (Å²) < 4.78 is 23.7. The summed E-state index contributed by atoms with van der Waals surface area (Å²) in [6, 6.07) is 7.59. The van der Waals surface area contributed by atoms with Gasteiger partial charge in [0.05, 0.1) is 7.11 Å². The molecular formula is C12H11FN2O2. The number of nitrogens with zero attached hydrogens (tertiary/aromatic N) is 1. The lowest BCUT2D eigenvalue weighted by atomic mass is 10.3. The molecule has 1 aromatic carbocycles. The molecule has 2 N–H and O–H groups in total. The highest BCUT2D eigenvalue weighted by Crippen LogP contribution is 2.32. The molecule has 0 atom stereocenters. The van der Waals surface area contributed by atoms with E-state index in [2.05, 4.69) is 4.98 Å². The van der Waals surface area contributed by atoms with E-state index < -0.39 is 5.82 Å². The third-order valence-electron chi connectivity index (χ3n) is 2.12. The van der Waals surface area contributed by atoms with Crippen LogP contribution < -0.4 is 15.2 Å². The fraction of sp³-hybridized carbons (Fsp3) is 0.0833. The molecule has 0 bridgehead atoms. The molecule has 17 heavy (non-hydrogen) atoms. The van der Waals surface area contributed by atoms with Gasteiger partial charge >= 0.3 is 0 Å². The van der Waals surface area contributed by atoms with Crippen molar-refractivity contribution in [2.75, 3.05) is 12.8 Å². The van der Waals surface area contributed by atoms with Crippen molar-refractivity contribution in [2.45, 2.75) is 0 Å². The number of nitrogen functional groups attached to an aromatic ring is 1. The Bertz CT molecular complexity index is 532. The molecule has 5 heteroatoms. The number of halogens is 1. The Morgan fingerprint density at radius 3 is 2.76 bits per heavy atom. The summed E-state index contributed by atoms with van der Waals surface area (Å²) in [7, 11) is 1.48. The fourth-order valence-corrected chi connectivity index (χ4v) is 1.32. The first-order valence-electron chi connectivity index (χ1n) is 4.92. The topological polar surface area (TPSA) is 57.4 Å². The number of nitrogens with two attached hydrogens (primary N) is 1. The van der Waals surface area contributed by atoms with E-state index >= 15 is 0 Å². The van der Waals surface area contributed by atoms with Crippen LogP contribution in [-0.4, -0.2) is 12.1 Å². The Kier molecular flexibility index (Phi) is 3.09. The molecule has 0 saturated heterocycles. The van der Waals surface area contributed by atoms with Crippen LogP contribution in [0.15, 0.2) is 36.5 Å². The number of rotatable bonds is 3. The molecule has 4 nitrogen and oxygen atoms in total. The van der Waals surface area contributed by atoms with Gasteiger partial charge in [0.2, 0.25) is 0 Å².